The molecule has 0 spiro atoms. The molecule has 3 heteroatoms. The van der Waals surface area contributed by atoms with Crippen LogP contribution < -0.4 is 5.32 Å². The third kappa shape index (κ3) is 6.94. The zero-order valence-electron chi connectivity index (χ0n) is 13.6. The summed E-state index contributed by atoms with van der Waals surface area (Å²) in [6.45, 7) is 4.36. The maximum Gasteiger partial charge on any atom is 0.215 e. The Morgan fingerprint density at radius 3 is 2.38 bits per heavy atom. The van der Waals surface area contributed by atoms with Crippen LogP contribution in [0.25, 0.3) is 0 Å². The van der Waals surface area contributed by atoms with Crippen LogP contribution in [0.2, 0.25) is 0 Å². The van der Waals surface area contributed by atoms with Crippen LogP contribution in [0.1, 0.15) is 71.6 Å². The van der Waals surface area contributed by atoms with Gasteiger partial charge in [-0.15, -0.1) is 0 Å². The number of nitrogens with one attached hydrogen (secondary N) is 1. The van der Waals surface area contributed by atoms with E-state index in [1.165, 1.54) is 44.9 Å². The van der Waals surface area contributed by atoms with Crippen LogP contribution >= 0.6 is 0 Å². The Bertz CT molecular complexity index is 338. The summed E-state index contributed by atoms with van der Waals surface area (Å²) in [4.78, 5) is 11.3. The summed E-state index contributed by atoms with van der Waals surface area (Å²) in [5.41, 5.74) is -0.962. The average Bonchev–Trinajstić information content (AvgIpc) is 2.53. The van der Waals surface area contributed by atoms with Gasteiger partial charge in [0.25, 0.3) is 0 Å². The van der Waals surface area contributed by atoms with Gasteiger partial charge in [-0.05, 0) is 31.2 Å². The second-order valence-corrected chi connectivity index (χ2v) is 5.83. The van der Waals surface area contributed by atoms with E-state index in [1.807, 2.05) is 12.2 Å². The van der Waals surface area contributed by atoms with Crippen LogP contribution in [0.15, 0.2) is 24.4 Å². The second kappa shape index (κ2) is 10.6. The number of carbonyl (C=O) groups excluding carboxylic acids is 1. The summed E-state index contributed by atoms with van der Waals surface area (Å²) in [5.74, 6) is 0. The fourth-order valence-corrected chi connectivity index (χ4v) is 2.61. The Morgan fingerprint density at radius 2 is 1.81 bits per heavy atom. The van der Waals surface area contributed by atoms with Crippen molar-refractivity contribution in [3.8, 4) is 0 Å². The van der Waals surface area contributed by atoms with Crippen molar-refractivity contribution in [1.29, 1.82) is 0 Å². The van der Waals surface area contributed by atoms with Crippen LogP contribution in [0.3, 0.4) is 0 Å². The van der Waals surface area contributed by atoms with Crippen molar-refractivity contribution in [3.05, 3.63) is 24.4 Å². The highest BCUT2D eigenvalue weighted by molar-refractivity contribution is 5.66. The lowest BCUT2D eigenvalue weighted by Crippen LogP contribution is -2.48. The minimum absolute atomic E-state index is 0.134. The van der Waals surface area contributed by atoms with Crippen LogP contribution in [0.5, 0.6) is 0 Å². The lowest BCUT2D eigenvalue weighted by atomic mass is 10.0. The highest BCUT2D eigenvalue weighted by Crippen LogP contribution is 2.19. The van der Waals surface area contributed by atoms with E-state index >= 15 is 0 Å². The molecule has 0 aromatic heterocycles. The number of allylic oxidation sites excluding steroid dienone is 2. The van der Waals surface area contributed by atoms with Gasteiger partial charge in [-0.25, -0.2) is 0 Å². The van der Waals surface area contributed by atoms with Gasteiger partial charge >= 0.3 is 0 Å². The predicted molar refractivity (Wildman–Crippen MR) is 88.0 cm³/mol. The van der Waals surface area contributed by atoms with Gasteiger partial charge in [0.2, 0.25) is 5.72 Å². The number of carbonyl (C=O) groups is 1. The van der Waals surface area contributed by atoms with E-state index < -0.39 is 5.72 Å². The Hall–Kier alpha value is -1.09. The van der Waals surface area contributed by atoms with E-state index in [1.54, 1.807) is 12.3 Å². The SMILES string of the molecule is CCCCCCCCCC(CC)OC1(C=O)C=CC=CN1. The van der Waals surface area contributed by atoms with Crippen molar-refractivity contribution < 1.29 is 9.53 Å². The minimum Gasteiger partial charge on any atom is -0.355 e. The maximum atomic E-state index is 11.3. The zero-order chi connectivity index (χ0) is 15.4. The van der Waals surface area contributed by atoms with Crippen LogP contribution in [0, 0.1) is 0 Å². The number of rotatable bonds is 12. The van der Waals surface area contributed by atoms with Gasteiger partial charge in [0, 0.05) is 0 Å². The molecule has 0 radical (unpaired) electrons. The molecule has 2 atom stereocenters. The summed E-state index contributed by atoms with van der Waals surface area (Å²) < 4.78 is 6.01. The molecule has 0 amide bonds. The number of dihydropyridines is 1. The Labute approximate surface area is 129 Å². The largest absolute Gasteiger partial charge is 0.355 e. The molecule has 120 valence electrons. The van der Waals surface area contributed by atoms with Gasteiger partial charge in [-0.3, -0.25) is 4.79 Å². The van der Waals surface area contributed by atoms with Gasteiger partial charge in [0.15, 0.2) is 6.29 Å². The molecule has 1 N–H and O–H groups in total. The fourth-order valence-electron chi connectivity index (χ4n) is 2.61. The molecule has 1 aliphatic rings. The van der Waals surface area contributed by atoms with Crippen molar-refractivity contribution in [2.75, 3.05) is 0 Å². The van der Waals surface area contributed by atoms with Gasteiger partial charge in [0.1, 0.15) is 0 Å². The quantitative estimate of drug-likeness (QED) is 0.425. The number of unbranched alkanes of at least 4 members (excludes halogenated alkanes) is 6. The van der Waals surface area contributed by atoms with Crippen LogP contribution in [-0.2, 0) is 9.53 Å². The molecule has 0 saturated carbocycles. The predicted octanol–water partition coefficient (Wildman–Crippen LogP) is 4.49. The topological polar surface area (TPSA) is 38.3 Å². The minimum atomic E-state index is -0.962. The molecule has 0 aromatic carbocycles. The highest BCUT2D eigenvalue weighted by atomic mass is 16.5. The van der Waals surface area contributed by atoms with Crippen LogP contribution in [-0.4, -0.2) is 18.1 Å². The Morgan fingerprint density at radius 1 is 1.10 bits per heavy atom. The maximum absolute atomic E-state index is 11.3. The monoisotopic (exact) mass is 293 g/mol. The third-order valence-electron chi connectivity index (χ3n) is 3.98. The van der Waals surface area contributed by atoms with Crippen molar-refractivity contribution in [2.24, 2.45) is 0 Å². The second-order valence-electron chi connectivity index (χ2n) is 5.83. The summed E-state index contributed by atoms with van der Waals surface area (Å²) in [6, 6.07) is 0. The molecule has 3 nitrogen and oxygen atoms in total. The fraction of sp³-hybridized carbons (Fsp3) is 0.722. The summed E-state index contributed by atoms with van der Waals surface area (Å²) in [7, 11) is 0. The molecule has 0 aromatic rings. The van der Waals surface area contributed by atoms with E-state index in [9.17, 15) is 4.79 Å². The molecule has 1 aliphatic heterocycles. The first kappa shape index (κ1) is 18.0. The number of aldehydes is 1. The molecule has 0 saturated heterocycles. The number of hydrogen-bond acceptors (Lipinski definition) is 3. The number of ether oxygens (including phenoxy) is 1. The lowest BCUT2D eigenvalue weighted by molar-refractivity contribution is -0.136. The van der Waals surface area contributed by atoms with Crippen molar-refractivity contribution in [1.82, 2.24) is 5.32 Å². The molecule has 1 rings (SSSR count). The van der Waals surface area contributed by atoms with Crippen molar-refractivity contribution >= 4 is 6.29 Å². The van der Waals surface area contributed by atoms with E-state index in [0.29, 0.717) is 0 Å². The molecule has 21 heavy (non-hydrogen) atoms. The Balaban J connectivity index is 2.23. The van der Waals surface area contributed by atoms with E-state index in [0.717, 1.165) is 19.1 Å². The third-order valence-corrected chi connectivity index (χ3v) is 3.98. The molecular formula is C18H31NO2. The molecule has 2 unspecified atom stereocenters. The van der Waals surface area contributed by atoms with E-state index in [4.69, 9.17) is 4.74 Å². The highest BCUT2D eigenvalue weighted by Gasteiger charge is 2.30. The molecule has 0 fully saturated rings. The van der Waals surface area contributed by atoms with E-state index in [-0.39, 0.29) is 6.10 Å². The number of hydrogen-bond donors (Lipinski definition) is 1. The lowest BCUT2D eigenvalue weighted by Gasteiger charge is -2.31. The van der Waals surface area contributed by atoms with E-state index in [2.05, 4.69) is 19.2 Å². The molecule has 0 bridgehead atoms. The van der Waals surface area contributed by atoms with Crippen LogP contribution in [0.4, 0.5) is 0 Å². The van der Waals surface area contributed by atoms with Gasteiger partial charge in [-0.2, -0.15) is 0 Å². The normalized spacial score (nSPS) is 22.0. The average molecular weight is 293 g/mol. The van der Waals surface area contributed by atoms with Gasteiger partial charge < -0.3 is 10.1 Å². The summed E-state index contributed by atoms with van der Waals surface area (Å²) in [5, 5.41) is 3.01. The Kier molecular flexibility index (Phi) is 9.07. The first-order valence-corrected chi connectivity index (χ1v) is 8.52. The van der Waals surface area contributed by atoms with Gasteiger partial charge in [-0.1, -0.05) is 64.9 Å². The standard InChI is InChI=1S/C18H31NO2/c1-3-5-6-7-8-9-10-13-17(4-2)21-18(16-20)14-11-12-15-19-18/h11-12,14-17,19H,3-10,13H2,1-2H3. The molecule has 1 heterocycles. The van der Waals surface area contributed by atoms with Crippen molar-refractivity contribution in [3.63, 3.8) is 0 Å². The smallest absolute Gasteiger partial charge is 0.215 e. The molecule has 0 aliphatic carbocycles. The summed E-state index contributed by atoms with van der Waals surface area (Å²) >= 11 is 0. The van der Waals surface area contributed by atoms with Crippen molar-refractivity contribution in [2.45, 2.75) is 83.5 Å². The summed E-state index contributed by atoms with van der Waals surface area (Å²) in [6.07, 6.45) is 19.3. The molecular weight excluding hydrogens is 262 g/mol. The first-order chi connectivity index (χ1) is 10.3. The zero-order valence-corrected chi connectivity index (χ0v) is 13.6. The first-order valence-electron chi connectivity index (χ1n) is 8.52. The van der Waals surface area contributed by atoms with Gasteiger partial charge in [0.05, 0.1) is 6.10 Å².